The lowest BCUT2D eigenvalue weighted by atomic mass is 10.1. The van der Waals surface area contributed by atoms with Gasteiger partial charge in [-0.3, -0.25) is 0 Å². The van der Waals surface area contributed by atoms with E-state index in [2.05, 4.69) is 29.7 Å². The quantitative estimate of drug-likeness (QED) is 0.471. The summed E-state index contributed by atoms with van der Waals surface area (Å²) in [6.07, 6.45) is 2.06. The van der Waals surface area contributed by atoms with Gasteiger partial charge in [-0.2, -0.15) is 0 Å². The minimum Gasteiger partial charge on any atom is -0.367 e. The molecule has 0 saturated carbocycles. The fraction of sp³-hybridized carbons (Fsp3) is 0.286. The van der Waals surface area contributed by atoms with Crippen LogP contribution in [0.2, 0.25) is 10.0 Å². The predicted octanol–water partition coefficient (Wildman–Crippen LogP) is 5.91. The third kappa shape index (κ3) is 5.10. The van der Waals surface area contributed by atoms with Gasteiger partial charge in [-0.25, -0.2) is 4.98 Å². The third-order valence-electron chi connectivity index (χ3n) is 4.43. The molecule has 0 aliphatic rings. The van der Waals surface area contributed by atoms with E-state index in [4.69, 9.17) is 28.2 Å². The molecule has 0 fully saturated rings. The van der Waals surface area contributed by atoms with Gasteiger partial charge in [0.2, 0.25) is 0 Å². The number of halogens is 2. The third-order valence-corrected chi connectivity index (χ3v) is 5.16. The first-order valence-corrected chi connectivity index (χ1v) is 9.68. The highest BCUT2D eigenvalue weighted by Crippen LogP contribution is 2.22. The average molecular weight is 388 g/mol. The molecule has 2 aromatic carbocycles. The van der Waals surface area contributed by atoms with Crippen LogP contribution in [0.5, 0.6) is 0 Å². The zero-order valence-corrected chi connectivity index (χ0v) is 16.3. The van der Waals surface area contributed by atoms with E-state index in [9.17, 15) is 0 Å². The van der Waals surface area contributed by atoms with E-state index >= 15 is 0 Å². The molecule has 1 aromatic heterocycles. The highest BCUT2D eigenvalue weighted by Gasteiger charge is 2.07. The molecule has 136 valence electrons. The molecule has 1 atom stereocenters. The van der Waals surface area contributed by atoms with E-state index in [1.165, 1.54) is 0 Å². The molecule has 0 aliphatic carbocycles. The maximum Gasteiger partial charge on any atom is 0.126 e. The number of rotatable bonds is 8. The van der Waals surface area contributed by atoms with Gasteiger partial charge in [-0.05, 0) is 55.3 Å². The summed E-state index contributed by atoms with van der Waals surface area (Å²) in [5.41, 5.74) is 2.15. The van der Waals surface area contributed by atoms with Gasteiger partial charge in [-0.1, -0.05) is 54.4 Å². The summed E-state index contributed by atoms with van der Waals surface area (Å²) >= 11 is 12.0. The number of hydrogen-bond donors (Lipinski definition) is 2. The van der Waals surface area contributed by atoms with Crippen molar-refractivity contribution in [3.63, 3.8) is 0 Å². The molecule has 0 saturated heterocycles. The van der Waals surface area contributed by atoms with Crippen molar-refractivity contribution < 1.29 is 0 Å². The number of nitrogens with zero attached hydrogens (tertiary/aromatic N) is 1. The molecule has 3 aromatic rings. The molecule has 1 heterocycles. The Morgan fingerprint density at radius 3 is 2.65 bits per heavy atom. The smallest absolute Gasteiger partial charge is 0.126 e. The van der Waals surface area contributed by atoms with Crippen LogP contribution in [0.3, 0.4) is 0 Å². The summed E-state index contributed by atoms with van der Waals surface area (Å²) < 4.78 is 0. The minimum atomic E-state index is 0.380. The van der Waals surface area contributed by atoms with Crippen molar-refractivity contribution in [1.29, 1.82) is 0 Å². The highest BCUT2D eigenvalue weighted by atomic mass is 35.5. The number of hydrogen-bond acceptors (Lipinski definition) is 3. The zero-order valence-electron chi connectivity index (χ0n) is 14.8. The molecule has 0 bridgehead atoms. The number of para-hydroxylation sites is 1. The van der Waals surface area contributed by atoms with Crippen LogP contribution in [0.4, 0.5) is 5.82 Å². The lowest BCUT2D eigenvalue weighted by molar-refractivity contribution is 0.572. The fourth-order valence-corrected chi connectivity index (χ4v) is 3.21. The van der Waals surface area contributed by atoms with E-state index in [1.54, 1.807) is 0 Å². The lowest BCUT2D eigenvalue weighted by Crippen LogP contribution is -2.25. The molecule has 26 heavy (non-hydrogen) atoms. The van der Waals surface area contributed by atoms with Crippen LogP contribution in [-0.2, 0) is 6.54 Å². The van der Waals surface area contributed by atoms with E-state index in [-0.39, 0.29) is 0 Å². The molecule has 2 N–H and O–H groups in total. The maximum atomic E-state index is 6.05. The lowest BCUT2D eigenvalue weighted by Gasteiger charge is -2.18. The average Bonchev–Trinajstić information content (AvgIpc) is 2.66. The molecular formula is C21H23Cl2N3. The topological polar surface area (TPSA) is 37.0 Å². The van der Waals surface area contributed by atoms with Crippen LogP contribution in [0, 0.1) is 0 Å². The molecule has 1 unspecified atom stereocenters. The van der Waals surface area contributed by atoms with Gasteiger partial charge in [0.15, 0.2) is 0 Å². The van der Waals surface area contributed by atoms with Crippen molar-refractivity contribution in [1.82, 2.24) is 10.3 Å². The van der Waals surface area contributed by atoms with E-state index < -0.39 is 0 Å². The minimum absolute atomic E-state index is 0.380. The van der Waals surface area contributed by atoms with Crippen LogP contribution in [-0.4, -0.2) is 17.6 Å². The SMILES string of the molecule is CCC(CCNCc1ccc(Cl)c(Cl)c1)Nc1ccc2ccccc2n1. The van der Waals surface area contributed by atoms with E-state index in [0.717, 1.165) is 48.2 Å². The van der Waals surface area contributed by atoms with E-state index in [0.29, 0.717) is 16.1 Å². The molecule has 3 rings (SSSR count). The van der Waals surface area contributed by atoms with Crippen LogP contribution in [0.1, 0.15) is 25.3 Å². The molecule has 5 heteroatoms. The summed E-state index contributed by atoms with van der Waals surface area (Å²) in [6, 6.07) is 18.5. The fourth-order valence-electron chi connectivity index (χ4n) is 2.89. The number of aromatic nitrogens is 1. The summed E-state index contributed by atoms with van der Waals surface area (Å²) in [4.78, 5) is 4.70. The van der Waals surface area contributed by atoms with Gasteiger partial charge in [0.1, 0.15) is 5.82 Å². The zero-order chi connectivity index (χ0) is 18.4. The van der Waals surface area contributed by atoms with Crippen molar-refractivity contribution in [3.05, 3.63) is 70.2 Å². The molecule has 0 aliphatic heterocycles. The summed E-state index contributed by atoms with van der Waals surface area (Å²) in [7, 11) is 0. The Labute approximate surface area is 164 Å². The Balaban J connectivity index is 1.49. The van der Waals surface area contributed by atoms with Crippen molar-refractivity contribution in [3.8, 4) is 0 Å². The second kappa shape index (κ2) is 9.22. The summed E-state index contributed by atoms with van der Waals surface area (Å²) in [5.74, 6) is 0.931. The van der Waals surface area contributed by atoms with Crippen molar-refractivity contribution in [2.75, 3.05) is 11.9 Å². The second-order valence-corrected chi connectivity index (χ2v) is 7.17. The van der Waals surface area contributed by atoms with Crippen LogP contribution < -0.4 is 10.6 Å². The van der Waals surface area contributed by atoms with Crippen molar-refractivity contribution >= 4 is 39.9 Å². The first-order valence-electron chi connectivity index (χ1n) is 8.92. The first-order chi connectivity index (χ1) is 12.7. The highest BCUT2D eigenvalue weighted by molar-refractivity contribution is 6.42. The summed E-state index contributed by atoms with van der Waals surface area (Å²) in [6.45, 7) is 3.89. The Morgan fingerprint density at radius 1 is 1.00 bits per heavy atom. The largest absolute Gasteiger partial charge is 0.367 e. The van der Waals surface area contributed by atoms with Crippen molar-refractivity contribution in [2.24, 2.45) is 0 Å². The number of pyridine rings is 1. The molecule has 0 amide bonds. The van der Waals surface area contributed by atoms with Gasteiger partial charge < -0.3 is 10.6 Å². The number of anilines is 1. The molecule has 0 spiro atoms. The van der Waals surface area contributed by atoms with Crippen LogP contribution >= 0.6 is 23.2 Å². The van der Waals surface area contributed by atoms with Crippen LogP contribution in [0.25, 0.3) is 10.9 Å². The Hall–Kier alpha value is -1.81. The Morgan fingerprint density at radius 2 is 1.85 bits per heavy atom. The number of fused-ring (bicyclic) bond motifs is 1. The normalized spacial score (nSPS) is 12.3. The van der Waals surface area contributed by atoms with Gasteiger partial charge >= 0.3 is 0 Å². The Bertz CT molecular complexity index is 867. The standard InChI is InChI=1S/C21H23Cl2N3/c1-2-17(11-12-24-14-15-7-9-18(22)19(23)13-15)25-21-10-8-16-5-3-4-6-20(16)26-21/h3-10,13,17,24H,2,11-12,14H2,1H3,(H,25,26). The maximum absolute atomic E-state index is 6.05. The van der Waals surface area contributed by atoms with Gasteiger partial charge in [-0.15, -0.1) is 0 Å². The molecule has 0 radical (unpaired) electrons. The van der Waals surface area contributed by atoms with Gasteiger partial charge in [0.05, 0.1) is 15.6 Å². The Kier molecular flexibility index (Phi) is 6.73. The van der Waals surface area contributed by atoms with Crippen LogP contribution in [0.15, 0.2) is 54.6 Å². The monoisotopic (exact) mass is 387 g/mol. The summed E-state index contributed by atoms with van der Waals surface area (Å²) in [5, 5.41) is 9.36. The van der Waals surface area contributed by atoms with E-state index in [1.807, 2.05) is 42.5 Å². The number of nitrogens with one attached hydrogen (secondary N) is 2. The van der Waals surface area contributed by atoms with Gasteiger partial charge in [0, 0.05) is 18.0 Å². The molecular weight excluding hydrogens is 365 g/mol. The molecule has 3 nitrogen and oxygen atoms in total. The first kappa shape index (κ1) is 19.0. The van der Waals surface area contributed by atoms with Gasteiger partial charge in [0.25, 0.3) is 0 Å². The number of benzene rings is 2. The second-order valence-electron chi connectivity index (χ2n) is 6.35. The predicted molar refractivity (Wildman–Crippen MR) is 112 cm³/mol. The van der Waals surface area contributed by atoms with Crippen molar-refractivity contribution in [2.45, 2.75) is 32.4 Å².